The van der Waals surface area contributed by atoms with Gasteiger partial charge < -0.3 is 10.1 Å². The first-order valence-corrected chi connectivity index (χ1v) is 5.39. The molecule has 2 rings (SSSR count). The lowest BCUT2D eigenvalue weighted by Crippen LogP contribution is -2.35. The largest absolute Gasteiger partial charge is 0.458 e. The number of carbonyl (C=O) groups excluding carboxylic acids is 1. The third-order valence-electron chi connectivity index (χ3n) is 2.31. The van der Waals surface area contributed by atoms with Gasteiger partial charge in [-0.15, -0.1) is 0 Å². The van der Waals surface area contributed by atoms with Crippen molar-refractivity contribution in [2.45, 2.75) is 38.8 Å². The Morgan fingerprint density at radius 3 is 2.94 bits per heavy atom. The Hall–Kier alpha value is -1.58. The number of aromatic nitrogens is 1. The number of hydrogen-bond acceptors (Lipinski definition) is 4. The van der Waals surface area contributed by atoms with Crippen LogP contribution >= 0.6 is 0 Å². The Balaban J connectivity index is 2.04. The molecule has 0 amide bonds. The normalized spacial score (nSPS) is 18.8. The summed E-state index contributed by atoms with van der Waals surface area (Å²) in [6.45, 7) is 5.60. The van der Waals surface area contributed by atoms with Crippen LogP contribution in [0.15, 0.2) is 18.3 Å². The minimum Gasteiger partial charge on any atom is -0.458 e. The van der Waals surface area contributed by atoms with Gasteiger partial charge in [0, 0.05) is 12.6 Å². The van der Waals surface area contributed by atoms with Gasteiger partial charge in [-0.25, -0.2) is 4.79 Å². The highest BCUT2D eigenvalue weighted by molar-refractivity contribution is 5.82. The number of anilines is 1. The van der Waals surface area contributed by atoms with E-state index in [1.165, 1.54) is 0 Å². The monoisotopic (exact) mass is 220 g/mol. The lowest BCUT2D eigenvalue weighted by Gasteiger charge is -2.22. The Kier molecular flexibility index (Phi) is 2.58. The van der Waals surface area contributed by atoms with Crippen LogP contribution < -0.4 is 5.32 Å². The summed E-state index contributed by atoms with van der Waals surface area (Å²) in [5.74, 6) is -0.217. The predicted octanol–water partition coefficient (Wildman–Crippen LogP) is 1.76. The molecule has 4 heteroatoms. The van der Waals surface area contributed by atoms with Gasteiger partial charge in [-0.05, 0) is 32.9 Å². The van der Waals surface area contributed by atoms with Crippen molar-refractivity contribution in [1.29, 1.82) is 0 Å². The summed E-state index contributed by atoms with van der Waals surface area (Å²) < 4.78 is 5.32. The van der Waals surface area contributed by atoms with Crippen molar-refractivity contribution in [3.63, 3.8) is 0 Å². The summed E-state index contributed by atoms with van der Waals surface area (Å²) in [5, 5.41) is 3.12. The fraction of sp³-hybridized carbons (Fsp3) is 0.500. The molecule has 2 heterocycles. The Bertz CT molecular complexity index is 385. The van der Waals surface area contributed by atoms with E-state index < -0.39 is 5.60 Å². The van der Waals surface area contributed by atoms with Gasteiger partial charge in [0.05, 0.1) is 11.4 Å². The highest BCUT2D eigenvalue weighted by Gasteiger charge is 2.31. The maximum absolute atomic E-state index is 11.8. The molecular weight excluding hydrogens is 204 g/mol. The molecule has 0 radical (unpaired) electrons. The van der Waals surface area contributed by atoms with Crippen LogP contribution in [0, 0.1) is 0 Å². The van der Waals surface area contributed by atoms with Gasteiger partial charge in [0.2, 0.25) is 0 Å². The Morgan fingerprint density at radius 1 is 1.56 bits per heavy atom. The number of fused-ring (bicyclic) bond motifs is 1. The molecule has 16 heavy (non-hydrogen) atoms. The lowest BCUT2D eigenvalue weighted by atomic mass is 10.1. The molecule has 1 atom stereocenters. The van der Waals surface area contributed by atoms with E-state index in [1.807, 2.05) is 32.9 Å². The number of carbonyl (C=O) groups is 1. The van der Waals surface area contributed by atoms with Crippen molar-refractivity contribution in [2.75, 3.05) is 5.32 Å². The van der Waals surface area contributed by atoms with E-state index in [0.717, 1.165) is 11.4 Å². The summed E-state index contributed by atoms with van der Waals surface area (Å²) in [5.41, 5.74) is 1.41. The van der Waals surface area contributed by atoms with Crippen LogP contribution in [0.2, 0.25) is 0 Å². The van der Waals surface area contributed by atoms with E-state index in [1.54, 1.807) is 6.20 Å². The molecule has 1 aromatic heterocycles. The standard InChI is InChI=1S/C12H16N2O2/c1-12(2,3)16-11(15)10-7-9-8(14-10)5-4-6-13-9/h4-6,10,14H,7H2,1-3H3. The van der Waals surface area contributed by atoms with Gasteiger partial charge in [-0.3, -0.25) is 4.98 Å². The molecular formula is C12H16N2O2. The zero-order chi connectivity index (χ0) is 11.8. The highest BCUT2D eigenvalue weighted by Crippen LogP contribution is 2.24. The van der Waals surface area contributed by atoms with E-state index in [2.05, 4.69) is 10.3 Å². The third kappa shape index (κ3) is 2.32. The quantitative estimate of drug-likeness (QED) is 0.733. The van der Waals surface area contributed by atoms with E-state index in [0.29, 0.717) is 6.42 Å². The minimum absolute atomic E-state index is 0.217. The molecule has 1 aliphatic heterocycles. The smallest absolute Gasteiger partial charge is 0.329 e. The second-order valence-electron chi connectivity index (χ2n) is 4.93. The number of ether oxygens (including phenoxy) is 1. The lowest BCUT2D eigenvalue weighted by molar-refractivity contribution is -0.155. The van der Waals surface area contributed by atoms with E-state index in [-0.39, 0.29) is 12.0 Å². The van der Waals surface area contributed by atoms with Crippen molar-refractivity contribution in [1.82, 2.24) is 4.98 Å². The molecule has 0 fully saturated rings. The molecule has 1 aromatic rings. The van der Waals surface area contributed by atoms with Crippen molar-refractivity contribution in [3.8, 4) is 0 Å². The first kappa shape index (κ1) is 10.9. The zero-order valence-corrected chi connectivity index (χ0v) is 9.78. The average Bonchev–Trinajstić information content (AvgIpc) is 2.58. The van der Waals surface area contributed by atoms with Crippen molar-refractivity contribution < 1.29 is 9.53 Å². The first-order chi connectivity index (χ1) is 7.46. The molecule has 1 aliphatic rings. The van der Waals surface area contributed by atoms with Crippen LogP contribution in [-0.2, 0) is 16.0 Å². The Labute approximate surface area is 95.0 Å². The number of esters is 1. The van der Waals surface area contributed by atoms with Gasteiger partial charge in [0.15, 0.2) is 0 Å². The SMILES string of the molecule is CC(C)(C)OC(=O)C1Cc2ncccc2N1. The van der Waals surface area contributed by atoms with E-state index in [4.69, 9.17) is 4.74 Å². The summed E-state index contributed by atoms with van der Waals surface area (Å²) in [6.07, 6.45) is 2.34. The topological polar surface area (TPSA) is 51.2 Å². The second-order valence-corrected chi connectivity index (χ2v) is 4.93. The van der Waals surface area contributed by atoms with Crippen LogP contribution in [0.5, 0.6) is 0 Å². The number of nitrogens with one attached hydrogen (secondary N) is 1. The number of nitrogens with zero attached hydrogens (tertiary/aromatic N) is 1. The molecule has 0 saturated carbocycles. The minimum atomic E-state index is -0.443. The molecule has 4 nitrogen and oxygen atoms in total. The fourth-order valence-electron chi connectivity index (χ4n) is 1.68. The molecule has 1 N–H and O–H groups in total. The van der Waals surface area contributed by atoms with Crippen molar-refractivity contribution in [3.05, 3.63) is 24.0 Å². The summed E-state index contributed by atoms with van der Waals surface area (Å²) in [6, 6.07) is 3.47. The molecule has 0 bridgehead atoms. The average molecular weight is 220 g/mol. The predicted molar refractivity (Wildman–Crippen MR) is 61.2 cm³/mol. The van der Waals surface area contributed by atoms with Crippen LogP contribution in [0.4, 0.5) is 5.69 Å². The zero-order valence-electron chi connectivity index (χ0n) is 9.78. The summed E-state index contributed by atoms with van der Waals surface area (Å²) >= 11 is 0. The van der Waals surface area contributed by atoms with E-state index >= 15 is 0 Å². The molecule has 0 aliphatic carbocycles. The molecule has 0 saturated heterocycles. The van der Waals surface area contributed by atoms with Gasteiger partial charge >= 0.3 is 5.97 Å². The molecule has 86 valence electrons. The van der Waals surface area contributed by atoms with Crippen LogP contribution in [0.1, 0.15) is 26.5 Å². The Morgan fingerprint density at radius 2 is 2.31 bits per heavy atom. The third-order valence-corrected chi connectivity index (χ3v) is 2.31. The van der Waals surface area contributed by atoms with Crippen LogP contribution in [0.25, 0.3) is 0 Å². The fourth-order valence-corrected chi connectivity index (χ4v) is 1.68. The van der Waals surface area contributed by atoms with Gasteiger partial charge in [0.1, 0.15) is 11.6 Å². The van der Waals surface area contributed by atoms with Crippen molar-refractivity contribution >= 4 is 11.7 Å². The number of rotatable bonds is 1. The van der Waals surface area contributed by atoms with Crippen molar-refractivity contribution in [2.24, 2.45) is 0 Å². The number of pyridine rings is 1. The van der Waals surface area contributed by atoms with Crippen LogP contribution in [0.3, 0.4) is 0 Å². The summed E-state index contributed by atoms with van der Waals surface area (Å²) in [4.78, 5) is 16.0. The number of hydrogen-bond donors (Lipinski definition) is 1. The van der Waals surface area contributed by atoms with E-state index in [9.17, 15) is 4.79 Å². The highest BCUT2D eigenvalue weighted by atomic mass is 16.6. The first-order valence-electron chi connectivity index (χ1n) is 5.39. The van der Waals surface area contributed by atoms with Gasteiger partial charge in [0.25, 0.3) is 0 Å². The maximum atomic E-state index is 11.8. The van der Waals surface area contributed by atoms with Crippen LogP contribution in [-0.4, -0.2) is 22.6 Å². The molecule has 0 spiro atoms. The molecule has 0 aromatic carbocycles. The summed E-state index contributed by atoms with van der Waals surface area (Å²) in [7, 11) is 0. The maximum Gasteiger partial charge on any atom is 0.329 e. The van der Waals surface area contributed by atoms with Gasteiger partial charge in [-0.1, -0.05) is 0 Å². The van der Waals surface area contributed by atoms with Gasteiger partial charge in [-0.2, -0.15) is 0 Å². The second kappa shape index (κ2) is 3.77. The molecule has 1 unspecified atom stereocenters.